The van der Waals surface area contributed by atoms with E-state index >= 15 is 0 Å². The van der Waals surface area contributed by atoms with Crippen LogP contribution in [0.5, 0.6) is 11.5 Å². The molecule has 0 aromatic heterocycles. The van der Waals surface area contributed by atoms with Crippen LogP contribution in [-0.4, -0.2) is 13.2 Å². The van der Waals surface area contributed by atoms with E-state index in [-0.39, 0.29) is 0 Å². The molecule has 0 N–H and O–H groups in total. The van der Waals surface area contributed by atoms with Crippen LogP contribution < -0.4 is 9.47 Å². The molecule has 1 aliphatic heterocycles. The first kappa shape index (κ1) is 20.5. The second-order valence-electron chi connectivity index (χ2n) is 7.71. The van der Waals surface area contributed by atoms with Crippen molar-refractivity contribution in [1.82, 2.24) is 0 Å². The van der Waals surface area contributed by atoms with E-state index in [1.165, 1.54) is 51.4 Å². The van der Waals surface area contributed by atoms with Gasteiger partial charge in [0.2, 0.25) is 0 Å². The first-order chi connectivity index (χ1) is 13.9. The number of hydrogen-bond acceptors (Lipinski definition) is 2. The molecule has 0 spiro atoms. The lowest BCUT2D eigenvalue weighted by atomic mass is 10.1. The fourth-order valence-corrected chi connectivity index (χ4v) is 3.61. The van der Waals surface area contributed by atoms with Crippen LogP contribution in [0.4, 0.5) is 0 Å². The fourth-order valence-electron chi connectivity index (χ4n) is 3.61. The van der Waals surface area contributed by atoms with E-state index in [9.17, 15) is 0 Å². The molecule has 2 heteroatoms. The molecule has 0 saturated carbocycles. The summed E-state index contributed by atoms with van der Waals surface area (Å²) in [6, 6.07) is 16.7. The Balaban J connectivity index is 1.62. The van der Waals surface area contributed by atoms with Gasteiger partial charge in [-0.2, -0.15) is 0 Å². The summed E-state index contributed by atoms with van der Waals surface area (Å²) in [5.41, 5.74) is 2.32. The van der Waals surface area contributed by atoms with Gasteiger partial charge in [-0.3, -0.25) is 0 Å². The van der Waals surface area contributed by atoms with Gasteiger partial charge >= 0.3 is 0 Å². The molecule has 3 rings (SSSR count). The number of benzene rings is 2. The monoisotopic (exact) mass is 378 g/mol. The third-order valence-corrected chi connectivity index (χ3v) is 5.26. The molecule has 0 unspecified atom stereocenters. The summed E-state index contributed by atoms with van der Waals surface area (Å²) in [7, 11) is 0. The Morgan fingerprint density at radius 2 is 0.857 bits per heavy atom. The van der Waals surface area contributed by atoms with Crippen molar-refractivity contribution in [3.8, 4) is 11.5 Å². The van der Waals surface area contributed by atoms with Crippen molar-refractivity contribution in [1.29, 1.82) is 0 Å². The van der Waals surface area contributed by atoms with Gasteiger partial charge in [-0.25, -0.2) is 0 Å². The summed E-state index contributed by atoms with van der Waals surface area (Å²) >= 11 is 0. The molecule has 0 amide bonds. The van der Waals surface area contributed by atoms with Crippen molar-refractivity contribution in [2.45, 2.75) is 64.2 Å². The second-order valence-corrected chi connectivity index (χ2v) is 7.71. The molecule has 0 radical (unpaired) electrons. The molecular formula is C26H34O2. The van der Waals surface area contributed by atoms with Crippen molar-refractivity contribution in [2.24, 2.45) is 0 Å². The number of rotatable bonds is 0. The number of ether oxygens (including phenoxy) is 2. The molecule has 28 heavy (non-hydrogen) atoms. The van der Waals surface area contributed by atoms with Gasteiger partial charge in [-0.15, -0.1) is 0 Å². The van der Waals surface area contributed by atoms with E-state index in [4.69, 9.17) is 9.47 Å². The van der Waals surface area contributed by atoms with Crippen LogP contribution in [0.25, 0.3) is 12.2 Å². The maximum Gasteiger partial charge on any atom is 0.119 e. The van der Waals surface area contributed by atoms with Crippen LogP contribution in [0.3, 0.4) is 0 Å². The third kappa shape index (κ3) is 7.80. The van der Waals surface area contributed by atoms with Crippen molar-refractivity contribution in [3.05, 3.63) is 59.7 Å². The minimum absolute atomic E-state index is 0.812. The van der Waals surface area contributed by atoms with Gasteiger partial charge in [0.1, 0.15) is 11.5 Å². The molecule has 2 aromatic rings. The van der Waals surface area contributed by atoms with Crippen molar-refractivity contribution in [3.63, 3.8) is 0 Å². The molecule has 150 valence electrons. The quantitative estimate of drug-likeness (QED) is 0.471. The van der Waals surface area contributed by atoms with E-state index in [2.05, 4.69) is 48.6 Å². The molecule has 4 bridgehead atoms. The van der Waals surface area contributed by atoms with Crippen LogP contribution in [0.1, 0.15) is 75.3 Å². The van der Waals surface area contributed by atoms with Crippen molar-refractivity contribution in [2.75, 3.05) is 13.2 Å². The predicted molar refractivity (Wildman–Crippen MR) is 119 cm³/mol. The third-order valence-electron chi connectivity index (χ3n) is 5.26. The van der Waals surface area contributed by atoms with Crippen LogP contribution >= 0.6 is 0 Å². The summed E-state index contributed by atoms with van der Waals surface area (Å²) in [6.45, 7) is 1.62. The number of fused-ring (bicyclic) bond motifs is 4. The van der Waals surface area contributed by atoms with Gasteiger partial charge in [-0.05, 0) is 48.2 Å². The molecular weight excluding hydrogens is 344 g/mol. The summed E-state index contributed by atoms with van der Waals surface area (Å²) in [4.78, 5) is 0. The Morgan fingerprint density at radius 1 is 0.464 bits per heavy atom. The lowest BCUT2D eigenvalue weighted by molar-refractivity contribution is 0.303. The topological polar surface area (TPSA) is 18.5 Å². The van der Waals surface area contributed by atoms with Gasteiger partial charge < -0.3 is 9.47 Å². The molecule has 0 fully saturated rings. The van der Waals surface area contributed by atoms with Crippen LogP contribution in [0, 0.1) is 0 Å². The van der Waals surface area contributed by atoms with Crippen molar-refractivity contribution >= 4 is 12.2 Å². The SMILES string of the molecule is C1=C\c2cccc(c2)OCCCCCCCCCCCCOc2cccc/1c2. The first-order valence-electron chi connectivity index (χ1n) is 11.0. The highest BCUT2D eigenvalue weighted by atomic mass is 16.5. The molecule has 0 aliphatic carbocycles. The highest BCUT2D eigenvalue weighted by Crippen LogP contribution is 2.19. The Bertz CT molecular complexity index is 658. The zero-order chi connectivity index (χ0) is 19.3. The minimum Gasteiger partial charge on any atom is -0.494 e. The normalized spacial score (nSPS) is 18.6. The Hall–Kier alpha value is -2.22. The average Bonchev–Trinajstić information content (AvgIpc) is 2.72. The minimum atomic E-state index is 0.812. The van der Waals surface area contributed by atoms with E-state index in [0.717, 1.165) is 48.7 Å². The molecule has 0 atom stereocenters. The maximum atomic E-state index is 5.95. The fraction of sp³-hybridized carbons (Fsp3) is 0.462. The van der Waals surface area contributed by atoms with Gasteiger partial charge in [0.25, 0.3) is 0 Å². The van der Waals surface area contributed by atoms with Crippen molar-refractivity contribution < 1.29 is 9.47 Å². The van der Waals surface area contributed by atoms with Gasteiger partial charge in [0.05, 0.1) is 13.2 Å². The van der Waals surface area contributed by atoms with Gasteiger partial charge in [-0.1, -0.05) is 87.8 Å². The smallest absolute Gasteiger partial charge is 0.119 e. The molecule has 1 aliphatic rings. The van der Waals surface area contributed by atoms with Gasteiger partial charge in [0.15, 0.2) is 0 Å². The maximum absolute atomic E-state index is 5.95. The van der Waals surface area contributed by atoms with E-state index in [1.54, 1.807) is 0 Å². The number of hydrogen-bond donors (Lipinski definition) is 0. The summed E-state index contributed by atoms with van der Waals surface area (Å²) in [5, 5.41) is 0. The standard InChI is InChI=1S/C26H34O2/c1-2-4-6-8-10-20-28-26-16-12-14-24(22-26)18-17-23-13-11-15-25(21-23)27-19-9-7-5-3-1/h11-18,21-22H,1-10,19-20H2/b18-17-. The molecule has 0 saturated heterocycles. The molecule has 2 nitrogen and oxygen atoms in total. The molecule has 2 aromatic carbocycles. The van der Waals surface area contributed by atoms with Crippen LogP contribution in [0.2, 0.25) is 0 Å². The summed E-state index contributed by atoms with van der Waals surface area (Å²) in [5.74, 6) is 1.92. The molecule has 1 heterocycles. The average molecular weight is 379 g/mol. The largest absolute Gasteiger partial charge is 0.494 e. The lowest BCUT2D eigenvalue weighted by Crippen LogP contribution is -1.98. The van der Waals surface area contributed by atoms with E-state index in [0.29, 0.717) is 0 Å². The highest BCUT2D eigenvalue weighted by Gasteiger charge is 1.99. The van der Waals surface area contributed by atoms with E-state index in [1.807, 2.05) is 12.1 Å². The van der Waals surface area contributed by atoms with E-state index < -0.39 is 0 Å². The Morgan fingerprint density at radius 3 is 1.29 bits per heavy atom. The second kappa shape index (κ2) is 12.3. The Labute approximate surface area is 170 Å². The lowest BCUT2D eigenvalue weighted by Gasteiger charge is -2.08. The Kier molecular flexibility index (Phi) is 9.00. The highest BCUT2D eigenvalue weighted by molar-refractivity contribution is 5.70. The zero-order valence-corrected chi connectivity index (χ0v) is 17.1. The first-order valence-corrected chi connectivity index (χ1v) is 11.0. The predicted octanol–water partition coefficient (Wildman–Crippen LogP) is 7.53. The summed E-state index contributed by atoms with van der Waals surface area (Å²) in [6.07, 6.45) is 17.2. The van der Waals surface area contributed by atoms with Crippen LogP contribution in [-0.2, 0) is 0 Å². The van der Waals surface area contributed by atoms with Crippen LogP contribution in [0.15, 0.2) is 48.5 Å². The summed E-state index contributed by atoms with van der Waals surface area (Å²) < 4.78 is 11.9. The van der Waals surface area contributed by atoms with Gasteiger partial charge in [0, 0.05) is 0 Å². The zero-order valence-electron chi connectivity index (χ0n) is 17.1.